The van der Waals surface area contributed by atoms with Gasteiger partial charge in [-0.25, -0.2) is 0 Å². The van der Waals surface area contributed by atoms with Gasteiger partial charge in [0.1, 0.15) is 11.5 Å². The molecule has 12 heteroatoms. The van der Waals surface area contributed by atoms with E-state index in [0.29, 0.717) is 50.8 Å². The van der Waals surface area contributed by atoms with Crippen molar-refractivity contribution >= 4 is 80.8 Å². The van der Waals surface area contributed by atoms with Gasteiger partial charge in [-0.1, -0.05) is 59.1 Å². The molecule has 4 aromatic rings. The number of hydrogen-bond acceptors (Lipinski definition) is 7. The summed E-state index contributed by atoms with van der Waals surface area (Å²) in [4.78, 5) is 60.3. The SMILES string of the molecule is COc1ccc([C@@]23C(=O)N(Nc4ccc(Cl)cc4Cl)C(=O)[C@@H]2C[C@@H]2C(=CC[C@@H]4C(=O)N(c5ccc(I)cc5)C(=O)[C@@H]42)[C@@H]3c2cc(C)c(O)c(C)c2)cc1. The number of allylic oxidation sites excluding steroid dienone is 2. The van der Waals surface area contributed by atoms with Gasteiger partial charge in [-0.3, -0.25) is 29.5 Å². The second-order valence-electron chi connectivity index (χ2n) is 14.2. The highest BCUT2D eigenvalue weighted by molar-refractivity contribution is 14.1. The number of aryl methyl sites for hydroxylation is 2. The third kappa shape index (κ3) is 5.39. The molecule has 4 aromatic carbocycles. The maximum Gasteiger partial charge on any atom is 0.260 e. The fourth-order valence-electron chi connectivity index (χ4n) is 9.22. The van der Waals surface area contributed by atoms with E-state index in [9.17, 15) is 19.5 Å². The van der Waals surface area contributed by atoms with E-state index in [-0.39, 0.29) is 29.0 Å². The number of methoxy groups -OCH3 is 1. The first kappa shape index (κ1) is 35.6. The molecule has 0 radical (unpaired) electrons. The number of nitrogens with zero attached hydrogens (tertiary/aromatic N) is 2. The number of carbonyl (C=O) groups excluding carboxylic acids is 4. The molecule has 2 saturated heterocycles. The molecule has 2 aliphatic heterocycles. The number of hydrogen-bond donors (Lipinski definition) is 2. The highest BCUT2D eigenvalue weighted by Gasteiger charge is 2.70. The molecule has 2 aliphatic carbocycles. The lowest BCUT2D eigenvalue weighted by Crippen LogP contribution is -2.53. The van der Waals surface area contributed by atoms with Crippen molar-refractivity contribution in [3.63, 3.8) is 0 Å². The van der Waals surface area contributed by atoms with Crippen molar-refractivity contribution in [1.29, 1.82) is 0 Å². The number of anilines is 2. The van der Waals surface area contributed by atoms with E-state index in [0.717, 1.165) is 14.2 Å². The second kappa shape index (κ2) is 13.2. The largest absolute Gasteiger partial charge is 0.507 e. The quantitative estimate of drug-likeness (QED) is 0.114. The minimum atomic E-state index is -1.50. The Labute approximate surface area is 330 Å². The molecule has 2 heterocycles. The summed E-state index contributed by atoms with van der Waals surface area (Å²) in [7, 11) is 1.56. The first-order valence-corrected chi connectivity index (χ1v) is 19.1. The van der Waals surface area contributed by atoms with Crippen molar-refractivity contribution in [3.05, 3.63) is 126 Å². The van der Waals surface area contributed by atoms with Crippen LogP contribution >= 0.6 is 45.8 Å². The van der Waals surface area contributed by atoms with Crippen molar-refractivity contribution in [2.75, 3.05) is 17.4 Å². The van der Waals surface area contributed by atoms with E-state index in [1.807, 2.05) is 42.5 Å². The molecule has 53 heavy (non-hydrogen) atoms. The van der Waals surface area contributed by atoms with E-state index in [2.05, 4.69) is 28.0 Å². The number of benzene rings is 4. The third-order valence-electron chi connectivity index (χ3n) is 11.5. The first-order valence-electron chi connectivity index (χ1n) is 17.2. The van der Waals surface area contributed by atoms with Crippen LogP contribution in [0.5, 0.6) is 11.5 Å². The topological polar surface area (TPSA) is 116 Å². The first-order chi connectivity index (χ1) is 25.4. The minimum Gasteiger partial charge on any atom is -0.507 e. The van der Waals surface area contributed by atoms with E-state index < -0.39 is 46.8 Å². The predicted molar refractivity (Wildman–Crippen MR) is 210 cm³/mol. The molecule has 270 valence electrons. The average Bonchev–Trinajstić information content (AvgIpc) is 3.52. The molecule has 9 nitrogen and oxygen atoms in total. The number of amides is 4. The summed E-state index contributed by atoms with van der Waals surface area (Å²) in [6.07, 6.45) is 2.45. The fourth-order valence-corrected chi connectivity index (χ4v) is 10.0. The molecule has 0 bridgehead atoms. The van der Waals surface area contributed by atoms with Crippen LogP contribution in [0.4, 0.5) is 11.4 Å². The van der Waals surface area contributed by atoms with Crippen molar-refractivity contribution < 1.29 is 29.0 Å². The molecule has 6 atom stereocenters. The second-order valence-corrected chi connectivity index (χ2v) is 16.3. The van der Waals surface area contributed by atoms with Crippen LogP contribution in [0.15, 0.2) is 90.5 Å². The molecule has 0 aromatic heterocycles. The Morgan fingerprint density at radius 1 is 0.868 bits per heavy atom. The number of imide groups is 2. The zero-order valence-corrected chi connectivity index (χ0v) is 32.6. The number of nitrogens with one attached hydrogen (secondary N) is 1. The van der Waals surface area contributed by atoms with Crippen LogP contribution < -0.4 is 15.1 Å². The summed E-state index contributed by atoms with van der Waals surface area (Å²) in [6.45, 7) is 3.59. The van der Waals surface area contributed by atoms with E-state index in [4.69, 9.17) is 27.9 Å². The molecule has 0 spiro atoms. The lowest BCUT2D eigenvalue weighted by molar-refractivity contribution is -0.138. The number of carbonyl (C=O) groups is 4. The van der Waals surface area contributed by atoms with Gasteiger partial charge in [0.2, 0.25) is 11.8 Å². The van der Waals surface area contributed by atoms with Crippen LogP contribution in [0.1, 0.15) is 41.0 Å². The van der Waals surface area contributed by atoms with Crippen LogP contribution in [-0.2, 0) is 24.6 Å². The Morgan fingerprint density at radius 2 is 1.55 bits per heavy atom. The Balaban J connectivity index is 1.34. The van der Waals surface area contributed by atoms with Crippen molar-refractivity contribution in [1.82, 2.24) is 5.01 Å². The van der Waals surface area contributed by atoms with Gasteiger partial charge in [0, 0.05) is 14.5 Å². The summed E-state index contributed by atoms with van der Waals surface area (Å²) in [5.41, 5.74) is 5.68. The van der Waals surface area contributed by atoms with Gasteiger partial charge in [-0.15, -0.1) is 0 Å². The standard InChI is InChI=1S/C41H34Cl2IN3O6/c1-20-16-22(17-21(2)36(20)48)35-28-13-14-29-34(39(51)46(37(29)49)26-9-7-25(44)8-10-26)30(28)19-31-38(50)47(45-33-15-6-24(42)18-32(33)43)40(52)41(31,35)23-4-11-27(53-3)12-5-23/h4-13,15-18,29-31,34-35,45,48H,14,19H2,1-3H3/t29-,30+,31-,34-,35-,41+/m0/s1. The van der Waals surface area contributed by atoms with Crippen LogP contribution in [0.2, 0.25) is 10.0 Å². The maximum absolute atomic E-state index is 15.4. The van der Waals surface area contributed by atoms with Crippen molar-refractivity contribution in [2.24, 2.45) is 23.7 Å². The van der Waals surface area contributed by atoms with Gasteiger partial charge in [-0.2, -0.15) is 5.01 Å². The highest BCUT2D eigenvalue weighted by Crippen LogP contribution is 2.64. The lowest BCUT2D eigenvalue weighted by atomic mass is 9.49. The van der Waals surface area contributed by atoms with Gasteiger partial charge in [0.25, 0.3) is 11.8 Å². The predicted octanol–water partition coefficient (Wildman–Crippen LogP) is 8.12. The molecular weight excluding hydrogens is 828 g/mol. The number of ether oxygens (including phenoxy) is 1. The summed E-state index contributed by atoms with van der Waals surface area (Å²) < 4.78 is 6.46. The molecule has 2 N–H and O–H groups in total. The molecule has 4 aliphatic rings. The molecule has 8 rings (SSSR count). The van der Waals surface area contributed by atoms with Gasteiger partial charge in [-0.05, 0) is 132 Å². The summed E-state index contributed by atoms with van der Waals surface area (Å²) in [5, 5.41) is 12.6. The summed E-state index contributed by atoms with van der Waals surface area (Å²) in [6, 6.07) is 22.9. The van der Waals surface area contributed by atoms with E-state index in [1.54, 1.807) is 57.4 Å². The number of aromatic hydroxyl groups is 1. The van der Waals surface area contributed by atoms with Crippen LogP contribution in [0.25, 0.3) is 0 Å². The van der Waals surface area contributed by atoms with Crippen molar-refractivity contribution in [2.45, 2.75) is 38.0 Å². The highest BCUT2D eigenvalue weighted by atomic mass is 127. The summed E-state index contributed by atoms with van der Waals surface area (Å²) in [5.74, 6) is -4.47. The Hall–Kier alpha value is -4.39. The number of phenols is 1. The molecule has 1 saturated carbocycles. The van der Waals surface area contributed by atoms with Gasteiger partial charge >= 0.3 is 0 Å². The van der Waals surface area contributed by atoms with E-state index >= 15 is 4.79 Å². The molecule has 4 amide bonds. The molecule has 3 fully saturated rings. The molecule has 0 unspecified atom stereocenters. The Bertz CT molecular complexity index is 2240. The van der Waals surface area contributed by atoms with Gasteiger partial charge in [0.05, 0.1) is 46.7 Å². The van der Waals surface area contributed by atoms with Crippen LogP contribution in [-0.4, -0.2) is 40.9 Å². The normalized spacial score (nSPS) is 26.3. The van der Waals surface area contributed by atoms with Crippen LogP contribution in [0, 0.1) is 41.1 Å². The maximum atomic E-state index is 15.4. The Kier molecular flexibility index (Phi) is 8.86. The lowest BCUT2D eigenvalue weighted by Gasteiger charge is -2.50. The number of halogens is 3. The zero-order valence-electron chi connectivity index (χ0n) is 28.9. The number of phenolic OH excluding ortho intramolecular Hbond substituents is 1. The average molecular weight is 863 g/mol. The van der Waals surface area contributed by atoms with Crippen LogP contribution in [0.3, 0.4) is 0 Å². The zero-order chi connectivity index (χ0) is 37.5. The van der Waals surface area contributed by atoms with Gasteiger partial charge in [0.15, 0.2) is 0 Å². The number of hydrazine groups is 1. The summed E-state index contributed by atoms with van der Waals surface area (Å²) >= 11 is 14.9. The number of rotatable bonds is 6. The van der Waals surface area contributed by atoms with Crippen molar-refractivity contribution in [3.8, 4) is 11.5 Å². The minimum absolute atomic E-state index is 0.132. The molecular formula is C41H34Cl2IN3O6. The smallest absolute Gasteiger partial charge is 0.260 e. The Morgan fingerprint density at radius 3 is 2.19 bits per heavy atom. The fraction of sp³-hybridized carbons (Fsp3) is 0.268. The number of fused-ring (bicyclic) bond motifs is 4. The third-order valence-corrected chi connectivity index (χ3v) is 12.8. The van der Waals surface area contributed by atoms with E-state index in [1.165, 1.54) is 11.0 Å². The van der Waals surface area contributed by atoms with Gasteiger partial charge < -0.3 is 9.84 Å². The monoisotopic (exact) mass is 861 g/mol.